The first-order valence-corrected chi connectivity index (χ1v) is 13.4. The number of thiol groups is 1. The Bertz CT molecular complexity index is 1310. The second-order valence-corrected chi connectivity index (χ2v) is 10.6. The van der Waals surface area contributed by atoms with Crippen LogP contribution in [0.1, 0.15) is 24.5 Å². The quantitative estimate of drug-likeness (QED) is 0.290. The number of carbonyl (C=O) groups excluding carboxylic acids is 3. The Balaban J connectivity index is 1.29. The molecule has 0 saturated carbocycles. The third kappa shape index (κ3) is 7.22. The highest BCUT2D eigenvalue weighted by Gasteiger charge is 2.42. The Hall–Kier alpha value is -4.40. The van der Waals surface area contributed by atoms with Crippen LogP contribution in [-0.2, 0) is 27.5 Å². The summed E-state index contributed by atoms with van der Waals surface area (Å²) in [6.07, 6.45) is -0.893. The number of likely N-dealkylation sites (tertiary alicyclic amines) is 1. The van der Waals surface area contributed by atoms with Gasteiger partial charge in [-0.25, -0.2) is 9.59 Å². The van der Waals surface area contributed by atoms with Crippen molar-refractivity contribution in [2.24, 2.45) is 0 Å². The largest absolute Gasteiger partial charge is 0.445 e. The summed E-state index contributed by atoms with van der Waals surface area (Å²) in [5, 5.41) is 21.4. The number of ether oxygens (including phenoxy) is 2. The Kier molecular flexibility index (Phi) is 9.27. The maximum Gasteiger partial charge on any atom is 0.410 e. The topological polar surface area (TPSA) is 166 Å². The minimum Gasteiger partial charge on any atom is -0.445 e. The second-order valence-electron chi connectivity index (χ2n) is 9.84. The number of hydrogen-bond acceptors (Lipinski definition) is 10. The maximum absolute atomic E-state index is 13.4. The Labute approximate surface area is 240 Å². The highest BCUT2D eigenvalue weighted by molar-refractivity contribution is 7.81. The van der Waals surface area contributed by atoms with E-state index in [0.29, 0.717) is 17.5 Å². The molecule has 3 amide bonds. The van der Waals surface area contributed by atoms with Gasteiger partial charge in [-0.2, -0.15) is 12.6 Å². The van der Waals surface area contributed by atoms with Crippen molar-refractivity contribution in [2.75, 3.05) is 26.2 Å². The van der Waals surface area contributed by atoms with Crippen LogP contribution in [0.2, 0.25) is 0 Å². The first-order valence-electron chi connectivity index (χ1n) is 12.8. The lowest BCUT2D eigenvalue weighted by Crippen LogP contribution is -2.58. The molecule has 3 atom stereocenters. The Morgan fingerprint density at radius 1 is 0.829 bits per heavy atom. The number of non-ortho nitro benzene ring substituents is 2. The SMILES string of the molecule is CC1CN(C(=O)[C@@H]2C[C@H](S)CN2C(=O)OCc2ccc([N+](=O)[O-])cc2)CCN1C(=O)OCc1ccc([N+](=O)[O-])cc1. The summed E-state index contributed by atoms with van der Waals surface area (Å²) in [4.78, 5) is 64.1. The number of rotatable bonds is 7. The van der Waals surface area contributed by atoms with Crippen molar-refractivity contribution in [1.29, 1.82) is 0 Å². The molecule has 2 heterocycles. The number of amides is 3. The van der Waals surface area contributed by atoms with Gasteiger partial charge < -0.3 is 19.3 Å². The van der Waals surface area contributed by atoms with Gasteiger partial charge >= 0.3 is 12.2 Å². The van der Waals surface area contributed by atoms with E-state index in [-0.39, 0.29) is 68.0 Å². The predicted octanol–water partition coefficient (Wildman–Crippen LogP) is 3.38. The molecule has 2 aromatic rings. The van der Waals surface area contributed by atoms with Gasteiger partial charge in [0.2, 0.25) is 5.91 Å². The zero-order chi connectivity index (χ0) is 29.7. The van der Waals surface area contributed by atoms with Gasteiger partial charge in [0.25, 0.3) is 11.4 Å². The van der Waals surface area contributed by atoms with Gasteiger partial charge in [-0.05, 0) is 48.7 Å². The van der Waals surface area contributed by atoms with Gasteiger partial charge in [0.15, 0.2) is 0 Å². The number of benzene rings is 2. The van der Waals surface area contributed by atoms with E-state index >= 15 is 0 Å². The predicted molar refractivity (Wildman–Crippen MR) is 147 cm³/mol. The summed E-state index contributed by atoms with van der Waals surface area (Å²) in [6.45, 7) is 2.57. The molecule has 2 fully saturated rings. The molecule has 1 unspecified atom stereocenters. The molecule has 2 aromatic carbocycles. The van der Waals surface area contributed by atoms with E-state index in [2.05, 4.69) is 12.6 Å². The summed E-state index contributed by atoms with van der Waals surface area (Å²) in [5.74, 6) is -0.264. The van der Waals surface area contributed by atoms with Crippen LogP contribution >= 0.6 is 12.6 Å². The summed E-state index contributed by atoms with van der Waals surface area (Å²) in [6, 6.07) is 10.2. The average molecular weight is 588 g/mol. The number of nitro groups is 2. The summed E-state index contributed by atoms with van der Waals surface area (Å²) < 4.78 is 10.8. The van der Waals surface area contributed by atoms with E-state index in [1.165, 1.54) is 58.3 Å². The van der Waals surface area contributed by atoms with E-state index in [1.807, 2.05) is 0 Å². The molecule has 0 aliphatic carbocycles. The summed E-state index contributed by atoms with van der Waals surface area (Å²) in [5.41, 5.74) is 1.04. The molecule has 0 spiro atoms. The minimum atomic E-state index is -0.769. The van der Waals surface area contributed by atoms with Crippen LogP contribution in [-0.4, -0.2) is 86.2 Å². The third-order valence-corrected chi connectivity index (χ3v) is 7.37. The first kappa shape index (κ1) is 29.6. The molecule has 4 rings (SSSR count). The van der Waals surface area contributed by atoms with Crippen molar-refractivity contribution >= 4 is 42.1 Å². The minimum absolute atomic E-state index is 0.0506. The van der Waals surface area contributed by atoms with E-state index in [4.69, 9.17) is 9.47 Å². The van der Waals surface area contributed by atoms with Gasteiger partial charge in [0, 0.05) is 61.7 Å². The zero-order valence-corrected chi connectivity index (χ0v) is 23.1. The molecule has 0 radical (unpaired) electrons. The van der Waals surface area contributed by atoms with E-state index in [1.54, 1.807) is 11.8 Å². The number of carbonyl (C=O) groups is 3. The Morgan fingerprint density at radius 2 is 1.32 bits per heavy atom. The summed E-state index contributed by atoms with van der Waals surface area (Å²) >= 11 is 4.47. The van der Waals surface area contributed by atoms with E-state index < -0.39 is 28.1 Å². The van der Waals surface area contributed by atoms with Crippen LogP contribution in [0.3, 0.4) is 0 Å². The first-order chi connectivity index (χ1) is 19.5. The van der Waals surface area contributed by atoms with Crippen molar-refractivity contribution in [1.82, 2.24) is 14.7 Å². The highest BCUT2D eigenvalue weighted by Crippen LogP contribution is 2.26. The fraction of sp³-hybridized carbons (Fsp3) is 0.423. The second kappa shape index (κ2) is 12.8. The van der Waals surface area contributed by atoms with E-state index in [0.717, 1.165) is 0 Å². The van der Waals surface area contributed by atoms with Gasteiger partial charge in [-0.15, -0.1) is 0 Å². The summed E-state index contributed by atoms with van der Waals surface area (Å²) in [7, 11) is 0. The van der Waals surface area contributed by atoms with Crippen molar-refractivity contribution < 1.29 is 33.7 Å². The lowest BCUT2D eigenvalue weighted by molar-refractivity contribution is -0.385. The van der Waals surface area contributed by atoms with Crippen molar-refractivity contribution in [3.8, 4) is 0 Å². The number of nitro benzene ring substituents is 2. The van der Waals surface area contributed by atoms with Gasteiger partial charge in [-0.1, -0.05) is 0 Å². The van der Waals surface area contributed by atoms with Crippen LogP contribution in [0.15, 0.2) is 48.5 Å². The molecular formula is C26H29N5O9S. The zero-order valence-electron chi connectivity index (χ0n) is 22.2. The smallest absolute Gasteiger partial charge is 0.410 e. The van der Waals surface area contributed by atoms with Crippen molar-refractivity contribution in [2.45, 2.75) is 43.9 Å². The molecular weight excluding hydrogens is 558 g/mol. The molecule has 2 aliphatic heterocycles. The molecule has 0 N–H and O–H groups in total. The average Bonchev–Trinajstić information content (AvgIpc) is 3.36. The van der Waals surface area contributed by atoms with Gasteiger partial charge in [-0.3, -0.25) is 29.9 Å². The normalized spacial score (nSPS) is 20.4. The molecule has 2 aliphatic rings. The molecule has 218 valence electrons. The fourth-order valence-corrected chi connectivity index (χ4v) is 5.15. The molecule has 15 heteroatoms. The van der Waals surface area contributed by atoms with Gasteiger partial charge in [0.05, 0.1) is 9.85 Å². The van der Waals surface area contributed by atoms with Crippen LogP contribution in [0.25, 0.3) is 0 Å². The molecule has 0 aromatic heterocycles. The molecule has 14 nitrogen and oxygen atoms in total. The van der Waals surface area contributed by atoms with Crippen molar-refractivity contribution in [3.05, 3.63) is 79.9 Å². The lowest BCUT2D eigenvalue weighted by atomic mass is 10.1. The number of nitrogens with zero attached hydrogens (tertiary/aromatic N) is 5. The molecule has 41 heavy (non-hydrogen) atoms. The number of hydrogen-bond donors (Lipinski definition) is 1. The third-order valence-electron chi connectivity index (χ3n) is 6.99. The highest BCUT2D eigenvalue weighted by atomic mass is 32.1. The van der Waals surface area contributed by atoms with Crippen LogP contribution in [0, 0.1) is 20.2 Å². The Morgan fingerprint density at radius 3 is 1.78 bits per heavy atom. The standard InChI is InChI=1S/C26H29N5O9S/c1-17-13-27(10-11-28(17)25(33)39-15-18-2-6-20(7-3-18)30(35)36)24(32)23-12-22(41)14-29(23)26(34)40-16-19-4-8-21(9-5-19)31(37)38/h2-9,17,22-23,41H,10-16H2,1H3/t17?,22-,23-/m0/s1. The fourth-order valence-electron chi connectivity index (χ4n) is 4.77. The van der Waals surface area contributed by atoms with E-state index in [9.17, 15) is 34.6 Å². The number of piperazine rings is 1. The molecule has 0 bridgehead atoms. The van der Waals surface area contributed by atoms with Crippen LogP contribution in [0.4, 0.5) is 21.0 Å². The lowest BCUT2D eigenvalue weighted by Gasteiger charge is -2.40. The van der Waals surface area contributed by atoms with Crippen LogP contribution < -0.4 is 0 Å². The van der Waals surface area contributed by atoms with Crippen molar-refractivity contribution in [3.63, 3.8) is 0 Å². The monoisotopic (exact) mass is 587 g/mol. The van der Waals surface area contributed by atoms with Gasteiger partial charge in [0.1, 0.15) is 19.3 Å². The maximum atomic E-state index is 13.4. The molecule has 2 saturated heterocycles. The van der Waals surface area contributed by atoms with Crippen LogP contribution in [0.5, 0.6) is 0 Å².